The molecule has 0 aliphatic rings. The van der Waals surface area contributed by atoms with Gasteiger partial charge in [-0.1, -0.05) is 54.6 Å². The summed E-state index contributed by atoms with van der Waals surface area (Å²) in [6.45, 7) is 0. The van der Waals surface area contributed by atoms with E-state index in [4.69, 9.17) is 15.1 Å². The Hall–Kier alpha value is -12.0. The molecule has 0 saturated carbocycles. The smallest absolute Gasteiger partial charge is 0.402 e. The lowest BCUT2D eigenvalue weighted by Crippen LogP contribution is -2.10. The molecule has 0 aliphatic carbocycles. The van der Waals surface area contributed by atoms with Crippen LogP contribution in [-0.4, -0.2) is 64.7 Å². The van der Waals surface area contributed by atoms with Gasteiger partial charge in [0, 0.05) is 59.3 Å². The number of hydrogen-bond donors (Lipinski definition) is 3. The molecule has 47 heteroatoms. The maximum Gasteiger partial charge on any atom is 0.631 e. The third-order valence-electron chi connectivity index (χ3n) is 14.5. The average Bonchev–Trinajstić information content (AvgIpc) is 0.767. The van der Waals surface area contributed by atoms with Crippen LogP contribution in [0.15, 0.2) is 91.0 Å². The highest BCUT2D eigenvalue weighted by Gasteiger charge is 2.40. The highest BCUT2D eigenvalue weighted by atomic mass is 19.2. The van der Waals surface area contributed by atoms with Crippen molar-refractivity contribution in [3.05, 3.63) is 324 Å². The number of rotatable bonds is 7. The molecule has 0 aliphatic heterocycles. The molecule has 0 radical (unpaired) electrons. The zero-order chi connectivity index (χ0) is 91.4. The van der Waals surface area contributed by atoms with Crippen LogP contribution in [0.25, 0.3) is 44.5 Å². The lowest BCUT2D eigenvalue weighted by Gasteiger charge is -2.11. The van der Waals surface area contributed by atoms with Gasteiger partial charge in [0.2, 0.25) is 46.5 Å². The second-order valence-corrected chi connectivity index (χ2v) is 22.6. The van der Waals surface area contributed by atoms with Crippen molar-refractivity contribution in [2.75, 3.05) is 57.0 Å². The largest absolute Gasteiger partial charge is 0.631 e. The van der Waals surface area contributed by atoms with E-state index >= 15 is 0 Å². The second-order valence-electron chi connectivity index (χ2n) is 22.6. The summed E-state index contributed by atoms with van der Waals surface area (Å²) >= 11 is 0. The minimum Gasteiger partial charge on any atom is -0.402 e. The van der Waals surface area contributed by atoms with E-state index in [9.17, 15) is 176 Å². The van der Waals surface area contributed by atoms with E-state index in [-0.39, 0.29) is 0 Å². The van der Waals surface area contributed by atoms with Crippen LogP contribution in [0.3, 0.4) is 0 Å². The Morgan fingerprint density at radius 3 is 0.269 bits per heavy atom. The molecular weight excluding hydrogens is 1730 g/mol. The van der Waals surface area contributed by atoms with Crippen LogP contribution in [0.4, 0.5) is 193 Å². The van der Waals surface area contributed by atoms with Crippen LogP contribution in [0.1, 0.15) is 0 Å². The zero-order valence-corrected chi connectivity index (χ0v) is 58.5. The van der Waals surface area contributed by atoms with Crippen LogP contribution in [-0.2, 0) is 0 Å². The van der Waals surface area contributed by atoms with Gasteiger partial charge < -0.3 is 29.8 Å². The number of hydrogen-bond acceptors (Lipinski definition) is 6. The summed E-state index contributed by atoms with van der Waals surface area (Å²) in [5.74, 6) is -107. The standard InChI is InChI=1S/4C12F10.3C8H11N.BH3O3/c4*13-3-1(4(14)8(18)11(21)7(3)17)2-5(15)9(19)12(22)10(20)6(2)16;3*1-9(2)8-6-4-3-5-7-8;2-1(3)4/h;;;;3*3-7H,1-2H3;2-4H. The van der Waals surface area contributed by atoms with Gasteiger partial charge in [-0.15, -0.1) is 0 Å². The van der Waals surface area contributed by atoms with Gasteiger partial charge in [-0.2, -0.15) is 0 Å². The van der Waals surface area contributed by atoms with Gasteiger partial charge in [0.15, 0.2) is 186 Å². The lowest BCUT2D eigenvalue weighted by molar-refractivity contribution is 0.278. The molecule has 640 valence electrons. The molecular formula is C72H36BF40N3O3. The Kier molecular flexibility index (Phi) is 34.5. The van der Waals surface area contributed by atoms with Crippen molar-refractivity contribution in [1.29, 1.82) is 0 Å². The summed E-state index contributed by atoms with van der Waals surface area (Å²) in [5.41, 5.74) is -14.3. The summed E-state index contributed by atoms with van der Waals surface area (Å²) in [6.07, 6.45) is 0. The molecule has 0 saturated heterocycles. The van der Waals surface area contributed by atoms with Crippen molar-refractivity contribution in [2.24, 2.45) is 0 Å². The Balaban J connectivity index is 0.000000298. The maximum atomic E-state index is 13.4. The van der Waals surface area contributed by atoms with Gasteiger partial charge in [0.1, 0.15) is 0 Å². The fraction of sp³-hybridized carbons (Fsp3) is 0.0833. The fourth-order valence-electron chi connectivity index (χ4n) is 8.77. The molecule has 0 spiro atoms. The number of para-hydroxylation sites is 3. The summed E-state index contributed by atoms with van der Waals surface area (Å²) < 4.78 is 525. The topological polar surface area (TPSA) is 70.4 Å². The summed E-state index contributed by atoms with van der Waals surface area (Å²) in [5, 5.41) is 21.5. The zero-order valence-electron chi connectivity index (χ0n) is 58.5. The highest BCUT2D eigenvalue weighted by molar-refractivity contribution is 6.30. The van der Waals surface area contributed by atoms with Crippen LogP contribution in [0.2, 0.25) is 0 Å². The molecule has 3 N–H and O–H groups in total. The Bertz CT molecular complexity index is 4410. The lowest BCUT2D eigenvalue weighted by atomic mass is 10.0. The molecule has 0 unspecified atom stereocenters. The van der Waals surface area contributed by atoms with E-state index in [1.165, 1.54) is 17.1 Å². The molecule has 11 aromatic rings. The summed E-state index contributed by atoms with van der Waals surface area (Å²) in [7, 11) is 10.1. The Morgan fingerprint density at radius 1 is 0.143 bits per heavy atom. The molecule has 0 amide bonds. The van der Waals surface area contributed by atoms with Gasteiger partial charge in [-0.3, -0.25) is 0 Å². The second kappa shape index (κ2) is 41.4. The third-order valence-corrected chi connectivity index (χ3v) is 14.5. The minimum absolute atomic E-state index is 1.25. The third kappa shape index (κ3) is 21.3. The highest BCUT2D eigenvalue weighted by Crippen LogP contribution is 2.43. The first kappa shape index (κ1) is 99.3. The van der Waals surface area contributed by atoms with E-state index in [2.05, 4.69) is 51.1 Å². The van der Waals surface area contributed by atoms with E-state index < -0.39 is 285 Å². The molecule has 11 aromatic carbocycles. The normalized spacial score (nSPS) is 10.6. The molecule has 0 atom stereocenters. The van der Waals surface area contributed by atoms with Crippen molar-refractivity contribution >= 4 is 24.4 Å². The van der Waals surface area contributed by atoms with Crippen molar-refractivity contribution in [3.8, 4) is 44.5 Å². The number of nitrogens with zero attached hydrogens (tertiary/aromatic N) is 3. The van der Waals surface area contributed by atoms with E-state index in [1.54, 1.807) is 0 Å². The molecule has 0 fully saturated rings. The summed E-state index contributed by atoms with van der Waals surface area (Å²) in [6, 6.07) is 30.8. The quantitative estimate of drug-likeness (QED) is 0.0639. The molecule has 11 rings (SSSR count). The van der Waals surface area contributed by atoms with Gasteiger partial charge >= 0.3 is 7.32 Å². The minimum atomic E-state index is -2.68. The molecule has 0 aromatic heterocycles. The van der Waals surface area contributed by atoms with Gasteiger partial charge in [0.05, 0.1) is 44.5 Å². The predicted molar refractivity (Wildman–Crippen MR) is 341 cm³/mol. The average molecular weight is 1760 g/mol. The first-order valence-electron chi connectivity index (χ1n) is 30.4. The van der Waals surface area contributed by atoms with Crippen molar-refractivity contribution < 1.29 is 191 Å². The van der Waals surface area contributed by atoms with E-state index in [0.717, 1.165) is 0 Å². The first-order valence-corrected chi connectivity index (χ1v) is 30.4. The number of halogens is 40. The first-order chi connectivity index (χ1) is 55.1. The number of benzene rings is 11. The predicted octanol–water partition coefficient (Wildman–Crippen LogP) is 22.2. The van der Waals surface area contributed by atoms with Gasteiger partial charge in [-0.25, -0.2) is 176 Å². The summed E-state index contributed by atoms with van der Waals surface area (Å²) in [4.78, 5) is 6.25. The van der Waals surface area contributed by atoms with Gasteiger partial charge in [0.25, 0.3) is 0 Å². The van der Waals surface area contributed by atoms with Crippen molar-refractivity contribution in [1.82, 2.24) is 0 Å². The van der Waals surface area contributed by atoms with Crippen molar-refractivity contribution in [3.63, 3.8) is 0 Å². The fourth-order valence-corrected chi connectivity index (χ4v) is 8.77. The molecule has 6 nitrogen and oxygen atoms in total. The van der Waals surface area contributed by atoms with Crippen LogP contribution in [0.5, 0.6) is 0 Å². The molecule has 0 bridgehead atoms. The van der Waals surface area contributed by atoms with Crippen LogP contribution >= 0.6 is 0 Å². The Labute approximate surface area is 638 Å². The SMILES string of the molecule is CN(C)c1ccccc1.CN(C)c1ccccc1.CN(C)c1ccccc1.Fc1c(F)c(F)c(-c2c(F)c(F)c(F)c(F)c2F)c(F)c1F.Fc1c(F)c(F)c(-c2c(F)c(F)c(F)c(F)c2F)c(F)c1F.Fc1c(F)c(F)c(-c2c(F)c(F)c(F)c(F)c2F)c(F)c1F.Fc1c(F)c(F)c(-c2c(F)c(F)c(F)c(F)c2F)c(F)c1F.OB(O)O. The van der Waals surface area contributed by atoms with Crippen LogP contribution in [0, 0.1) is 233 Å². The van der Waals surface area contributed by atoms with Crippen molar-refractivity contribution in [2.45, 2.75) is 0 Å². The number of anilines is 3. The molecule has 0 heterocycles. The van der Waals surface area contributed by atoms with E-state index in [0.29, 0.717) is 0 Å². The monoisotopic (exact) mass is 1760 g/mol. The van der Waals surface area contributed by atoms with E-state index in [1.807, 2.05) is 96.9 Å². The molecule has 119 heavy (non-hydrogen) atoms. The Morgan fingerprint density at radius 2 is 0.210 bits per heavy atom. The van der Waals surface area contributed by atoms with Gasteiger partial charge in [-0.05, 0) is 36.4 Å². The maximum absolute atomic E-state index is 13.4. The van der Waals surface area contributed by atoms with Crippen LogP contribution < -0.4 is 14.7 Å².